The van der Waals surface area contributed by atoms with Gasteiger partial charge in [0.2, 0.25) is 0 Å². The van der Waals surface area contributed by atoms with Gasteiger partial charge < -0.3 is 20.4 Å². The minimum Gasteiger partial charge on any atom is -0.404 e. The van der Waals surface area contributed by atoms with Crippen molar-refractivity contribution in [3.8, 4) is 0 Å². The monoisotopic (exact) mass is 413 g/mol. The van der Waals surface area contributed by atoms with Crippen molar-refractivity contribution in [2.24, 2.45) is 23.2 Å². The Morgan fingerprint density at radius 2 is 1.93 bits per heavy atom. The molecule has 0 aromatic heterocycles. The molecule has 1 amide bonds. The molecule has 3 aliphatic carbocycles. The first-order valence-electron chi connectivity index (χ1n) is 11.6. The average Bonchev–Trinajstić information content (AvgIpc) is 3.04. The molecule has 1 heterocycles. The fourth-order valence-corrected chi connectivity index (χ4v) is 6.11. The number of hydrogen-bond donors (Lipinski definition) is 2. The molecule has 1 saturated heterocycles. The van der Waals surface area contributed by atoms with Crippen molar-refractivity contribution < 1.29 is 19.8 Å². The Bertz CT molecular complexity index is 771. The zero-order valence-corrected chi connectivity index (χ0v) is 19.2. The van der Waals surface area contributed by atoms with Crippen LogP contribution in [-0.4, -0.2) is 36.7 Å². The smallest absolute Gasteiger partial charge is 0.404 e. The van der Waals surface area contributed by atoms with E-state index in [0.29, 0.717) is 23.7 Å². The van der Waals surface area contributed by atoms with Gasteiger partial charge in [0.05, 0.1) is 17.6 Å². The van der Waals surface area contributed by atoms with Crippen LogP contribution >= 0.6 is 0 Å². The second kappa shape index (κ2) is 7.96. The first kappa shape index (κ1) is 21.9. The zero-order chi connectivity index (χ0) is 21.7. The first-order chi connectivity index (χ1) is 14.1. The lowest BCUT2D eigenvalue weighted by atomic mass is 9.43. The molecule has 4 N–H and O–H groups in total. The number of benzene rings is 1. The summed E-state index contributed by atoms with van der Waals surface area (Å²) in [6.45, 7) is 11.3. The van der Waals surface area contributed by atoms with E-state index in [1.165, 1.54) is 6.42 Å². The maximum atomic E-state index is 13.0. The summed E-state index contributed by atoms with van der Waals surface area (Å²) in [5.74, 6) is 1.49. The van der Waals surface area contributed by atoms with Crippen molar-refractivity contribution in [2.45, 2.75) is 84.0 Å². The maximum Gasteiger partial charge on any atom is 0.481 e. The van der Waals surface area contributed by atoms with Gasteiger partial charge in [-0.05, 0) is 54.9 Å². The van der Waals surface area contributed by atoms with Crippen molar-refractivity contribution in [1.82, 2.24) is 5.32 Å². The topological polar surface area (TPSA) is 75.2 Å². The van der Waals surface area contributed by atoms with Gasteiger partial charge in [-0.2, -0.15) is 0 Å². The summed E-state index contributed by atoms with van der Waals surface area (Å²) in [7, 11) is -0.384. The zero-order valence-electron chi connectivity index (χ0n) is 19.2. The molecule has 6 heteroatoms. The van der Waals surface area contributed by atoms with Crippen LogP contribution in [0.15, 0.2) is 30.3 Å². The second-order valence-electron chi connectivity index (χ2n) is 11.0. The summed E-state index contributed by atoms with van der Waals surface area (Å²) in [6, 6.07) is 9.72. The molecule has 164 valence electrons. The summed E-state index contributed by atoms with van der Waals surface area (Å²) >= 11 is 0. The number of hydrogen-bond acceptors (Lipinski definition) is 3. The Kier molecular flexibility index (Phi) is 5.80. The fourth-order valence-electron chi connectivity index (χ4n) is 6.11. The first-order valence-corrected chi connectivity index (χ1v) is 11.6. The predicted molar refractivity (Wildman–Crippen MR) is 118 cm³/mol. The number of carbonyl (C=O) groups is 1. The van der Waals surface area contributed by atoms with Crippen molar-refractivity contribution in [1.29, 1.82) is 0 Å². The van der Waals surface area contributed by atoms with Gasteiger partial charge in [-0.25, -0.2) is 0 Å². The number of nitrogens with one attached hydrogen (secondary N) is 1. The number of quaternary nitrogens is 1. The Morgan fingerprint density at radius 3 is 2.57 bits per heavy atom. The standard InChI is InChI=1S/C24H37BN2O3/c1-15(2)11-21(27-22(28)18(26)12-16-9-7-6-8-10-16)25-29-20-14-17-13-19(23(17,3)4)24(20,5)30-25/h6-10,15,17-21H,11-14,26H2,1-5H3,(H,27,28)/p+1/t17-,18-,19-,20+,21-,24-/m0/s1. The Labute approximate surface area is 181 Å². The van der Waals surface area contributed by atoms with E-state index in [0.717, 1.165) is 24.3 Å². The predicted octanol–water partition coefficient (Wildman–Crippen LogP) is 2.64. The second-order valence-corrected chi connectivity index (χ2v) is 11.0. The van der Waals surface area contributed by atoms with Gasteiger partial charge in [0.25, 0.3) is 5.91 Å². The normalized spacial score (nSPS) is 33.6. The molecule has 0 spiro atoms. The van der Waals surface area contributed by atoms with Gasteiger partial charge in [-0.15, -0.1) is 0 Å². The third kappa shape index (κ3) is 3.83. The molecule has 4 aliphatic rings. The molecule has 1 aromatic rings. The van der Waals surface area contributed by atoms with Crippen molar-refractivity contribution in [3.05, 3.63) is 35.9 Å². The van der Waals surface area contributed by atoms with Crippen LogP contribution in [0, 0.1) is 23.2 Å². The molecule has 2 bridgehead atoms. The van der Waals surface area contributed by atoms with E-state index < -0.39 is 0 Å². The van der Waals surface area contributed by atoms with Crippen LogP contribution in [0.1, 0.15) is 59.4 Å². The van der Waals surface area contributed by atoms with Gasteiger partial charge in [0.15, 0.2) is 6.04 Å². The highest BCUT2D eigenvalue weighted by atomic mass is 16.7. The fraction of sp³-hybridized carbons (Fsp3) is 0.708. The van der Waals surface area contributed by atoms with Gasteiger partial charge in [0.1, 0.15) is 0 Å². The molecule has 30 heavy (non-hydrogen) atoms. The van der Waals surface area contributed by atoms with Gasteiger partial charge >= 0.3 is 7.12 Å². The minimum atomic E-state index is -0.384. The van der Waals surface area contributed by atoms with Gasteiger partial charge in [-0.3, -0.25) is 4.79 Å². The van der Waals surface area contributed by atoms with Crippen LogP contribution in [-0.2, 0) is 20.5 Å². The van der Waals surface area contributed by atoms with Gasteiger partial charge in [-0.1, -0.05) is 58.0 Å². The highest BCUT2D eigenvalue weighted by molar-refractivity contribution is 6.47. The summed E-state index contributed by atoms with van der Waals surface area (Å²) in [4.78, 5) is 13.0. The number of carbonyl (C=O) groups excluding carboxylic acids is 1. The lowest BCUT2D eigenvalue weighted by molar-refractivity contribution is -0.403. The number of rotatable bonds is 7. The minimum absolute atomic E-state index is 0.0265. The molecule has 6 atom stereocenters. The molecule has 1 aromatic carbocycles. The van der Waals surface area contributed by atoms with E-state index in [9.17, 15) is 4.79 Å². The molecule has 0 unspecified atom stereocenters. The molecular weight excluding hydrogens is 375 g/mol. The van der Waals surface area contributed by atoms with Crippen molar-refractivity contribution in [3.63, 3.8) is 0 Å². The molecule has 3 saturated carbocycles. The van der Waals surface area contributed by atoms with E-state index in [-0.39, 0.29) is 36.7 Å². The third-order valence-electron chi connectivity index (χ3n) is 8.05. The molecule has 5 rings (SSSR count). The highest BCUT2D eigenvalue weighted by Gasteiger charge is 2.68. The molecular formula is C24H38BN2O3+. The van der Waals surface area contributed by atoms with Crippen LogP contribution in [0.5, 0.6) is 0 Å². The van der Waals surface area contributed by atoms with Crippen LogP contribution in [0.3, 0.4) is 0 Å². The lowest BCUT2D eigenvalue weighted by Gasteiger charge is -2.64. The van der Waals surface area contributed by atoms with Crippen LogP contribution < -0.4 is 11.1 Å². The number of amides is 1. The van der Waals surface area contributed by atoms with Crippen LogP contribution in [0.4, 0.5) is 0 Å². The van der Waals surface area contributed by atoms with Gasteiger partial charge in [0, 0.05) is 6.42 Å². The lowest BCUT2D eigenvalue weighted by Crippen LogP contribution is -2.70. The van der Waals surface area contributed by atoms with Crippen LogP contribution in [0.25, 0.3) is 0 Å². The third-order valence-corrected chi connectivity index (χ3v) is 8.05. The summed E-state index contributed by atoms with van der Waals surface area (Å²) in [5.41, 5.74) is 5.31. The van der Waals surface area contributed by atoms with Crippen molar-refractivity contribution >= 4 is 13.0 Å². The summed E-state index contributed by atoms with van der Waals surface area (Å²) in [6.07, 6.45) is 3.88. The van der Waals surface area contributed by atoms with E-state index in [1.54, 1.807) is 0 Å². The molecule has 5 nitrogen and oxygen atoms in total. The molecule has 0 radical (unpaired) electrons. The highest BCUT2D eigenvalue weighted by Crippen LogP contribution is 2.65. The Balaban J connectivity index is 1.44. The SMILES string of the molecule is CC(C)C[C@H](NC(=O)[C@@H]([NH3+])Cc1ccccc1)B1O[C@@H]2C[C@@H]3C[C@@H](C3(C)C)[C@]2(C)O1. The van der Waals surface area contributed by atoms with E-state index >= 15 is 0 Å². The summed E-state index contributed by atoms with van der Waals surface area (Å²) in [5, 5.41) is 3.23. The Morgan fingerprint density at radius 1 is 1.23 bits per heavy atom. The Hall–Kier alpha value is -1.37. The summed E-state index contributed by atoms with van der Waals surface area (Å²) < 4.78 is 13.1. The molecule has 4 fully saturated rings. The van der Waals surface area contributed by atoms with E-state index in [2.05, 4.69) is 45.7 Å². The largest absolute Gasteiger partial charge is 0.481 e. The average molecular weight is 413 g/mol. The van der Waals surface area contributed by atoms with Crippen LogP contribution in [0.2, 0.25) is 0 Å². The maximum absolute atomic E-state index is 13.0. The van der Waals surface area contributed by atoms with E-state index in [1.807, 2.05) is 30.3 Å². The van der Waals surface area contributed by atoms with E-state index in [4.69, 9.17) is 9.31 Å². The molecule has 1 aliphatic heterocycles. The van der Waals surface area contributed by atoms with Crippen molar-refractivity contribution in [2.75, 3.05) is 0 Å². The quantitative estimate of drug-likeness (QED) is 0.675.